The molecule has 3 heterocycles. The summed E-state index contributed by atoms with van der Waals surface area (Å²) >= 11 is 0. The monoisotopic (exact) mass is 452 g/mol. The number of nitrogens with zero attached hydrogens (tertiary/aromatic N) is 4. The summed E-state index contributed by atoms with van der Waals surface area (Å²) < 4.78 is 2.09. The van der Waals surface area contributed by atoms with E-state index in [1.54, 1.807) is 0 Å². The Balaban J connectivity index is 1.34. The average Bonchev–Trinajstić information content (AvgIpc) is 3.33. The van der Waals surface area contributed by atoms with Gasteiger partial charge in [0, 0.05) is 29.8 Å². The molecule has 174 valence electrons. The van der Waals surface area contributed by atoms with Gasteiger partial charge in [0.1, 0.15) is 5.60 Å². The van der Waals surface area contributed by atoms with E-state index in [2.05, 4.69) is 55.8 Å². The molecule has 1 fully saturated rings. The van der Waals surface area contributed by atoms with Crippen molar-refractivity contribution in [2.45, 2.75) is 38.8 Å². The van der Waals surface area contributed by atoms with Crippen LogP contribution >= 0.6 is 0 Å². The van der Waals surface area contributed by atoms with Gasteiger partial charge in [-0.25, -0.2) is 9.97 Å². The molecule has 0 spiro atoms. The van der Waals surface area contributed by atoms with E-state index < -0.39 is 5.60 Å². The standard InChI is InChI=1S/C29H32N4O/c1-22-20-23(2)31-28(30-22)33-17-9-14-27(33)21-32-18-15-26(16-19-32)29(34,24-10-5-3-6-11-24)25-12-7-4-8-13-25/h3-14,17,20,26,34H,15-16,18-19,21H2,1-2H3. The summed E-state index contributed by atoms with van der Waals surface area (Å²) in [4.78, 5) is 11.8. The summed E-state index contributed by atoms with van der Waals surface area (Å²) in [6.45, 7) is 6.72. The average molecular weight is 453 g/mol. The number of aryl methyl sites for hydroxylation is 2. The van der Waals surface area contributed by atoms with Gasteiger partial charge in [0.2, 0.25) is 5.95 Å². The summed E-state index contributed by atoms with van der Waals surface area (Å²) in [6, 6.07) is 26.5. The van der Waals surface area contributed by atoms with E-state index in [9.17, 15) is 5.11 Å². The zero-order valence-corrected chi connectivity index (χ0v) is 19.9. The van der Waals surface area contributed by atoms with Gasteiger partial charge in [-0.15, -0.1) is 0 Å². The minimum atomic E-state index is -0.984. The van der Waals surface area contributed by atoms with Crippen molar-refractivity contribution in [3.63, 3.8) is 0 Å². The highest BCUT2D eigenvalue weighted by Gasteiger charge is 2.41. The zero-order chi connectivity index (χ0) is 23.5. The summed E-state index contributed by atoms with van der Waals surface area (Å²) in [5, 5.41) is 12.1. The second-order valence-corrected chi connectivity index (χ2v) is 9.37. The summed E-state index contributed by atoms with van der Waals surface area (Å²) in [6.07, 6.45) is 3.90. The lowest BCUT2D eigenvalue weighted by Crippen LogP contribution is -2.44. The van der Waals surface area contributed by atoms with Gasteiger partial charge in [-0.3, -0.25) is 9.47 Å². The topological polar surface area (TPSA) is 54.2 Å². The Morgan fingerprint density at radius 3 is 1.94 bits per heavy atom. The Hall–Kier alpha value is -3.28. The highest BCUT2D eigenvalue weighted by atomic mass is 16.3. The van der Waals surface area contributed by atoms with Crippen LogP contribution in [-0.2, 0) is 12.1 Å². The highest BCUT2D eigenvalue weighted by Crippen LogP contribution is 2.42. The first-order valence-corrected chi connectivity index (χ1v) is 12.1. The lowest BCUT2D eigenvalue weighted by Gasteiger charge is -2.42. The van der Waals surface area contributed by atoms with Gasteiger partial charge in [-0.2, -0.15) is 0 Å². The van der Waals surface area contributed by atoms with E-state index in [0.29, 0.717) is 0 Å². The number of benzene rings is 2. The molecule has 0 radical (unpaired) electrons. The second kappa shape index (κ2) is 9.53. The first-order valence-electron chi connectivity index (χ1n) is 12.1. The quantitative estimate of drug-likeness (QED) is 0.446. The van der Waals surface area contributed by atoms with Crippen LogP contribution in [-0.4, -0.2) is 37.6 Å². The van der Waals surface area contributed by atoms with Crippen molar-refractivity contribution in [3.05, 3.63) is 113 Å². The number of likely N-dealkylation sites (tertiary alicyclic amines) is 1. The van der Waals surface area contributed by atoms with E-state index in [1.165, 1.54) is 5.69 Å². The summed E-state index contributed by atoms with van der Waals surface area (Å²) in [5.74, 6) is 0.887. The van der Waals surface area contributed by atoms with E-state index >= 15 is 0 Å². The van der Waals surface area contributed by atoms with Crippen LogP contribution in [0.3, 0.4) is 0 Å². The minimum Gasteiger partial charge on any atom is -0.380 e. The van der Waals surface area contributed by atoms with Gasteiger partial charge in [0.05, 0.1) is 0 Å². The lowest BCUT2D eigenvalue weighted by atomic mass is 9.72. The molecule has 5 nitrogen and oxygen atoms in total. The Morgan fingerprint density at radius 1 is 0.824 bits per heavy atom. The number of rotatable bonds is 6. The van der Waals surface area contributed by atoms with Crippen LogP contribution in [0.2, 0.25) is 0 Å². The van der Waals surface area contributed by atoms with Crippen molar-refractivity contribution < 1.29 is 5.11 Å². The maximum Gasteiger partial charge on any atom is 0.234 e. The molecule has 0 saturated carbocycles. The first kappa shape index (κ1) is 22.5. The molecule has 0 bridgehead atoms. The molecule has 0 amide bonds. The van der Waals surface area contributed by atoms with Crippen LogP contribution < -0.4 is 0 Å². The molecular weight excluding hydrogens is 420 g/mol. The smallest absolute Gasteiger partial charge is 0.234 e. The lowest BCUT2D eigenvalue weighted by molar-refractivity contribution is -0.0154. The van der Waals surface area contributed by atoms with E-state index in [1.807, 2.05) is 62.5 Å². The van der Waals surface area contributed by atoms with Crippen molar-refractivity contribution in [1.29, 1.82) is 0 Å². The van der Waals surface area contributed by atoms with Crippen molar-refractivity contribution in [3.8, 4) is 5.95 Å². The fourth-order valence-electron chi connectivity index (χ4n) is 5.32. The van der Waals surface area contributed by atoms with Crippen molar-refractivity contribution >= 4 is 0 Å². The van der Waals surface area contributed by atoms with Gasteiger partial charge in [0.15, 0.2) is 0 Å². The Kier molecular flexibility index (Phi) is 6.31. The Morgan fingerprint density at radius 2 is 1.38 bits per heavy atom. The molecule has 2 aromatic heterocycles. The number of aliphatic hydroxyl groups is 1. The molecular formula is C29H32N4O. The highest BCUT2D eigenvalue weighted by molar-refractivity contribution is 5.37. The molecule has 34 heavy (non-hydrogen) atoms. The van der Waals surface area contributed by atoms with Crippen molar-refractivity contribution in [1.82, 2.24) is 19.4 Å². The predicted octanol–water partition coefficient (Wildman–Crippen LogP) is 5.03. The van der Waals surface area contributed by atoms with Gasteiger partial charge in [0.25, 0.3) is 0 Å². The molecule has 2 aromatic carbocycles. The van der Waals surface area contributed by atoms with Gasteiger partial charge in [-0.05, 0) is 75.0 Å². The third-order valence-corrected chi connectivity index (χ3v) is 7.01. The maximum absolute atomic E-state index is 12.1. The molecule has 0 aliphatic carbocycles. The van der Waals surface area contributed by atoms with Crippen LogP contribution in [0.4, 0.5) is 0 Å². The van der Waals surface area contributed by atoms with E-state index in [4.69, 9.17) is 0 Å². The predicted molar refractivity (Wildman–Crippen MR) is 135 cm³/mol. The number of aromatic nitrogens is 3. The molecule has 5 rings (SSSR count). The molecule has 1 saturated heterocycles. The first-order chi connectivity index (χ1) is 16.5. The fraction of sp³-hybridized carbons (Fsp3) is 0.310. The largest absolute Gasteiger partial charge is 0.380 e. The number of hydrogen-bond acceptors (Lipinski definition) is 4. The molecule has 4 aromatic rings. The molecule has 5 heteroatoms. The Labute approximate surface area is 201 Å². The van der Waals surface area contributed by atoms with E-state index in [-0.39, 0.29) is 5.92 Å². The molecule has 0 atom stereocenters. The maximum atomic E-state index is 12.1. The normalized spacial score (nSPS) is 15.5. The van der Waals surface area contributed by atoms with E-state index in [0.717, 1.165) is 60.9 Å². The van der Waals surface area contributed by atoms with Gasteiger partial charge < -0.3 is 5.11 Å². The third kappa shape index (κ3) is 4.41. The van der Waals surface area contributed by atoms with Crippen LogP contribution in [0.1, 0.15) is 41.1 Å². The fourth-order valence-corrected chi connectivity index (χ4v) is 5.32. The van der Waals surface area contributed by atoms with Crippen LogP contribution in [0.25, 0.3) is 5.95 Å². The molecule has 1 aliphatic rings. The second-order valence-electron chi connectivity index (χ2n) is 9.37. The van der Waals surface area contributed by atoms with Gasteiger partial charge in [-0.1, -0.05) is 60.7 Å². The van der Waals surface area contributed by atoms with Crippen LogP contribution in [0, 0.1) is 19.8 Å². The number of piperidine rings is 1. The molecule has 1 aliphatic heterocycles. The van der Waals surface area contributed by atoms with Crippen molar-refractivity contribution in [2.24, 2.45) is 5.92 Å². The zero-order valence-electron chi connectivity index (χ0n) is 19.9. The molecule has 1 N–H and O–H groups in total. The van der Waals surface area contributed by atoms with Crippen LogP contribution in [0.5, 0.6) is 0 Å². The SMILES string of the molecule is Cc1cc(C)nc(-n2cccc2CN2CCC(C(O)(c3ccccc3)c3ccccc3)CC2)n1. The molecule has 0 unspecified atom stereocenters. The third-order valence-electron chi connectivity index (χ3n) is 7.01. The minimum absolute atomic E-state index is 0.156. The Bertz CT molecular complexity index is 1170. The van der Waals surface area contributed by atoms with Crippen LogP contribution in [0.15, 0.2) is 85.1 Å². The van der Waals surface area contributed by atoms with Crippen molar-refractivity contribution in [2.75, 3.05) is 13.1 Å². The summed E-state index contributed by atoms with van der Waals surface area (Å²) in [7, 11) is 0. The van der Waals surface area contributed by atoms with Gasteiger partial charge >= 0.3 is 0 Å². The summed E-state index contributed by atoms with van der Waals surface area (Å²) in [5.41, 5.74) is 4.10. The number of hydrogen-bond donors (Lipinski definition) is 1.